The van der Waals surface area contributed by atoms with Crippen molar-refractivity contribution < 1.29 is 4.74 Å². The minimum atomic E-state index is -0.284. The minimum absolute atomic E-state index is 0.284. The van der Waals surface area contributed by atoms with Crippen molar-refractivity contribution in [1.29, 1.82) is 0 Å². The average molecular weight is 281 g/mol. The molecule has 0 radical (unpaired) electrons. The standard InChI is InChI=1S/C13H17ClN4O/c1-3-5-6-7-19-10(4-2)18-9-17-11-12(14)15-8-16-13(11)18/h4,8-10H,2-3,5-7H2,1H3/t10-/m0/s1. The number of hydrogen-bond donors (Lipinski definition) is 0. The van der Waals surface area contributed by atoms with Gasteiger partial charge in [-0.3, -0.25) is 4.57 Å². The number of fused-ring (bicyclic) bond motifs is 1. The lowest BCUT2D eigenvalue weighted by atomic mass is 10.3. The maximum atomic E-state index is 5.97. The van der Waals surface area contributed by atoms with E-state index in [1.165, 1.54) is 12.7 Å². The predicted octanol–water partition coefficient (Wildman–Crippen LogP) is 3.37. The molecule has 5 nitrogen and oxygen atoms in total. The van der Waals surface area contributed by atoms with Crippen molar-refractivity contribution >= 4 is 22.8 Å². The number of rotatable bonds is 7. The first-order chi connectivity index (χ1) is 9.27. The van der Waals surface area contributed by atoms with Gasteiger partial charge < -0.3 is 4.74 Å². The summed E-state index contributed by atoms with van der Waals surface area (Å²) in [5.74, 6) is 0. The van der Waals surface area contributed by atoms with E-state index in [0.29, 0.717) is 22.9 Å². The van der Waals surface area contributed by atoms with Gasteiger partial charge in [0.25, 0.3) is 0 Å². The maximum absolute atomic E-state index is 5.97. The van der Waals surface area contributed by atoms with Crippen molar-refractivity contribution in [3.63, 3.8) is 0 Å². The molecule has 2 aromatic rings. The average Bonchev–Trinajstić information content (AvgIpc) is 2.84. The van der Waals surface area contributed by atoms with Crippen LogP contribution in [0.4, 0.5) is 0 Å². The number of aromatic nitrogens is 4. The van der Waals surface area contributed by atoms with Crippen LogP contribution in [0, 0.1) is 0 Å². The zero-order valence-corrected chi connectivity index (χ0v) is 11.7. The molecule has 0 spiro atoms. The molecule has 0 unspecified atom stereocenters. The quantitative estimate of drug-likeness (QED) is 0.443. The third-order valence-electron chi connectivity index (χ3n) is 2.83. The Hall–Kier alpha value is -1.46. The van der Waals surface area contributed by atoms with E-state index >= 15 is 0 Å². The summed E-state index contributed by atoms with van der Waals surface area (Å²) >= 11 is 5.97. The smallest absolute Gasteiger partial charge is 0.167 e. The summed E-state index contributed by atoms with van der Waals surface area (Å²) in [7, 11) is 0. The van der Waals surface area contributed by atoms with Crippen molar-refractivity contribution in [2.75, 3.05) is 6.61 Å². The number of nitrogens with zero attached hydrogens (tertiary/aromatic N) is 4. The van der Waals surface area contributed by atoms with Gasteiger partial charge in [-0.25, -0.2) is 15.0 Å². The molecular formula is C13H17ClN4O. The van der Waals surface area contributed by atoms with Crippen molar-refractivity contribution in [3.05, 3.63) is 30.5 Å². The second-order valence-electron chi connectivity index (χ2n) is 4.19. The molecule has 2 heterocycles. The van der Waals surface area contributed by atoms with E-state index in [9.17, 15) is 0 Å². The zero-order chi connectivity index (χ0) is 13.7. The number of hydrogen-bond acceptors (Lipinski definition) is 4. The van der Waals surface area contributed by atoms with E-state index < -0.39 is 0 Å². The van der Waals surface area contributed by atoms with Gasteiger partial charge in [0.2, 0.25) is 0 Å². The Balaban J connectivity index is 2.16. The highest BCUT2D eigenvalue weighted by molar-refractivity contribution is 6.33. The first kappa shape index (κ1) is 14.0. The van der Waals surface area contributed by atoms with Crippen LogP contribution in [-0.2, 0) is 4.74 Å². The Morgan fingerprint density at radius 2 is 2.26 bits per heavy atom. The molecule has 102 valence electrons. The first-order valence-corrected chi connectivity index (χ1v) is 6.73. The Labute approximate surface area is 117 Å². The molecule has 0 N–H and O–H groups in total. The molecule has 0 saturated heterocycles. The molecule has 1 atom stereocenters. The van der Waals surface area contributed by atoms with Gasteiger partial charge in [-0.15, -0.1) is 0 Å². The van der Waals surface area contributed by atoms with E-state index in [2.05, 4.69) is 28.5 Å². The molecule has 6 heteroatoms. The van der Waals surface area contributed by atoms with E-state index in [-0.39, 0.29) is 6.23 Å². The SMILES string of the molecule is C=C[C@H](OCCCCC)n1cnc2c(Cl)ncnc21. The van der Waals surface area contributed by atoms with Crippen LogP contribution in [0.3, 0.4) is 0 Å². The van der Waals surface area contributed by atoms with Gasteiger partial charge in [0, 0.05) is 6.61 Å². The number of ether oxygens (including phenoxy) is 1. The molecular weight excluding hydrogens is 264 g/mol. The van der Waals surface area contributed by atoms with E-state index in [1.807, 2.05) is 4.57 Å². The first-order valence-electron chi connectivity index (χ1n) is 6.35. The fourth-order valence-electron chi connectivity index (χ4n) is 1.83. The summed E-state index contributed by atoms with van der Waals surface area (Å²) in [4.78, 5) is 12.3. The maximum Gasteiger partial charge on any atom is 0.167 e. The molecule has 2 rings (SSSR count). The van der Waals surface area contributed by atoms with Crippen LogP contribution in [0.25, 0.3) is 11.2 Å². The number of imidazole rings is 1. The lowest BCUT2D eigenvalue weighted by Gasteiger charge is -2.15. The molecule has 2 aromatic heterocycles. The Morgan fingerprint density at radius 3 is 3.00 bits per heavy atom. The number of unbranched alkanes of at least 4 members (excludes halogenated alkanes) is 2. The van der Waals surface area contributed by atoms with Gasteiger partial charge in [-0.2, -0.15) is 0 Å². The Morgan fingerprint density at radius 1 is 1.42 bits per heavy atom. The molecule has 0 aliphatic carbocycles. The van der Waals surface area contributed by atoms with Gasteiger partial charge in [0.05, 0.1) is 6.33 Å². The van der Waals surface area contributed by atoms with Crippen molar-refractivity contribution in [1.82, 2.24) is 19.5 Å². The predicted molar refractivity (Wildman–Crippen MR) is 75.0 cm³/mol. The van der Waals surface area contributed by atoms with Crippen LogP contribution >= 0.6 is 11.6 Å². The largest absolute Gasteiger partial charge is 0.354 e. The summed E-state index contributed by atoms with van der Waals surface area (Å²) < 4.78 is 7.59. The summed E-state index contributed by atoms with van der Waals surface area (Å²) in [5.41, 5.74) is 1.23. The second-order valence-corrected chi connectivity index (χ2v) is 4.55. The fourth-order valence-corrected chi connectivity index (χ4v) is 2.00. The molecule has 0 saturated carbocycles. The summed E-state index contributed by atoms with van der Waals surface area (Å²) in [6.45, 7) is 6.64. The van der Waals surface area contributed by atoms with E-state index in [0.717, 1.165) is 12.8 Å². The van der Waals surface area contributed by atoms with Crippen molar-refractivity contribution in [2.24, 2.45) is 0 Å². The topological polar surface area (TPSA) is 52.8 Å². The Bertz CT molecular complexity index is 555. The molecule has 0 bridgehead atoms. The Kier molecular flexibility index (Phi) is 4.87. The minimum Gasteiger partial charge on any atom is -0.354 e. The van der Waals surface area contributed by atoms with Gasteiger partial charge in [-0.05, 0) is 12.5 Å². The van der Waals surface area contributed by atoms with Crippen molar-refractivity contribution in [3.8, 4) is 0 Å². The van der Waals surface area contributed by atoms with Gasteiger partial charge in [0.15, 0.2) is 17.0 Å². The van der Waals surface area contributed by atoms with Crippen LogP contribution in [0.2, 0.25) is 5.15 Å². The van der Waals surface area contributed by atoms with E-state index in [1.54, 1.807) is 12.4 Å². The third-order valence-corrected chi connectivity index (χ3v) is 3.10. The van der Waals surface area contributed by atoms with Crippen LogP contribution in [0.5, 0.6) is 0 Å². The molecule has 0 amide bonds. The van der Waals surface area contributed by atoms with Gasteiger partial charge >= 0.3 is 0 Å². The summed E-state index contributed by atoms with van der Waals surface area (Å²) in [6, 6.07) is 0. The van der Waals surface area contributed by atoms with Crippen LogP contribution < -0.4 is 0 Å². The highest BCUT2D eigenvalue weighted by atomic mass is 35.5. The lowest BCUT2D eigenvalue weighted by molar-refractivity contribution is 0.0377. The molecule has 19 heavy (non-hydrogen) atoms. The van der Waals surface area contributed by atoms with Crippen LogP contribution in [-0.4, -0.2) is 26.1 Å². The monoisotopic (exact) mass is 280 g/mol. The van der Waals surface area contributed by atoms with Crippen LogP contribution in [0.1, 0.15) is 32.4 Å². The highest BCUT2D eigenvalue weighted by Gasteiger charge is 2.14. The summed E-state index contributed by atoms with van der Waals surface area (Å²) in [6.07, 6.45) is 7.86. The molecule has 0 aromatic carbocycles. The highest BCUT2D eigenvalue weighted by Crippen LogP contribution is 2.21. The zero-order valence-electron chi connectivity index (χ0n) is 10.9. The molecule has 0 fully saturated rings. The third kappa shape index (κ3) is 3.11. The molecule has 0 aliphatic heterocycles. The second kappa shape index (κ2) is 6.63. The van der Waals surface area contributed by atoms with Crippen LogP contribution in [0.15, 0.2) is 25.3 Å². The van der Waals surface area contributed by atoms with Crippen molar-refractivity contribution in [2.45, 2.75) is 32.4 Å². The van der Waals surface area contributed by atoms with Gasteiger partial charge in [0.1, 0.15) is 11.8 Å². The number of halogens is 1. The van der Waals surface area contributed by atoms with E-state index in [4.69, 9.17) is 16.3 Å². The fraction of sp³-hybridized carbons (Fsp3) is 0.462. The summed E-state index contributed by atoms with van der Waals surface area (Å²) in [5, 5.41) is 0.345. The van der Waals surface area contributed by atoms with Gasteiger partial charge in [-0.1, -0.05) is 37.9 Å². The lowest BCUT2D eigenvalue weighted by Crippen LogP contribution is -2.11. The molecule has 0 aliphatic rings. The normalized spacial score (nSPS) is 12.7.